The summed E-state index contributed by atoms with van der Waals surface area (Å²) >= 11 is 0. The van der Waals surface area contributed by atoms with E-state index in [0.29, 0.717) is 13.1 Å². The van der Waals surface area contributed by atoms with Gasteiger partial charge in [0.15, 0.2) is 0 Å². The summed E-state index contributed by atoms with van der Waals surface area (Å²) in [7, 11) is 0. The Kier molecular flexibility index (Phi) is 3.97. The molecule has 1 saturated heterocycles. The summed E-state index contributed by atoms with van der Waals surface area (Å²) in [5, 5.41) is 3.55. The molecule has 3 rings (SSSR count). The van der Waals surface area contributed by atoms with Crippen molar-refractivity contribution in [2.45, 2.75) is 43.4 Å². The molecule has 2 nitrogen and oxygen atoms in total. The highest BCUT2D eigenvalue weighted by Crippen LogP contribution is 2.37. The van der Waals surface area contributed by atoms with Gasteiger partial charge in [-0.05, 0) is 18.4 Å². The van der Waals surface area contributed by atoms with Crippen molar-refractivity contribution in [3.63, 3.8) is 0 Å². The van der Waals surface area contributed by atoms with Gasteiger partial charge < -0.3 is 5.32 Å². The maximum absolute atomic E-state index is 12.9. The first-order valence-electron chi connectivity index (χ1n) is 7.58. The second kappa shape index (κ2) is 5.61. The van der Waals surface area contributed by atoms with Crippen molar-refractivity contribution < 1.29 is 13.2 Å². The van der Waals surface area contributed by atoms with Crippen molar-refractivity contribution in [3.8, 4) is 0 Å². The molecule has 116 valence electrons. The second-order valence-electron chi connectivity index (χ2n) is 6.31. The third-order valence-electron chi connectivity index (χ3n) is 4.74. The fourth-order valence-electron chi connectivity index (χ4n) is 3.78. The van der Waals surface area contributed by atoms with Crippen LogP contribution in [0, 0.1) is 0 Å². The molecule has 1 N–H and O–H groups in total. The summed E-state index contributed by atoms with van der Waals surface area (Å²) in [5.74, 6) is 0. The van der Waals surface area contributed by atoms with Gasteiger partial charge in [-0.2, -0.15) is 13.2 Å². The fraction of sp³-hybridized carbons (Fsp3) is 0.625. The van der Waals surface area contributed by atoms with Gasteiger partial charge in [0.05, 0.1) is 6.54 Å². The molecule has 2 fully saturated rings. The summed E-state index contributed by atoms with van der Waals surface area (Å²) in [6.07, 6.45) is 0.0572. The molecule has 0 amide bonds. The van der Waals surface area contributed by atoms with Crippen LogP contribution >= 0.6 is 0 Å². The zero-order chi connectivity index (χ0) is 14.9. The van der Waals surface area contributed by atoms with E-state index in [1.807, 2.05) is 30.3 Å². The molecule has 1 spiro atoms. The molecule has 0 aromatic heterocycles. The number of hydrogen-bond donors (Lipinski definition) is 1. The lowest BCUT2D eigenvalue weighted by Gasteiger charge is -2.46. The van der Waals surface area contributed by atoms with Crippen LogP contribution in [0.3, 0.4) is 0 Å². The molecule has 0 bridgehead atoms. The van der Waals surface area contributed by atoms with Crippen LogP contribution in [0.4, 0.5) is 13.2 Å². The van der Waals surface area contributed by atoms with Crippen LogP contribution < -0.4 is 5.32 Å². The van der Waals surface area contributed by atoms with E-state index in [1.165, 1.54) is 0 Å². The maximum atomic E-state index is 12.9. The monoisotopic (exact) mass is 298 g/mol. The first kappa shape index (κ1) is 14.9. The molecule has 1 aromatic carbocycles. The molecule has 1 atom stereocenters. The van der Waals surface area contributed by atoms with Crippen LogP contribution in [-0.2, 0) is 0 Å². The molecule has 1 unspecified atom stereocenters. The van der Waals surface area contributed by atoms with Crippen LogP contribution in [0.5, 0.6) is 0 Å². The van der Waals surface area contributed by atoms with Crippen molar-refractivity contribution >= 4 is 0 Å². The van der Waals surface area contributed by atoms with E-state index in [-0.39, 0.29) is 11.6 Å². The van der Waals surface area contributed by atoms with Crippen molar-refractivity contribution in [1.29, 1.82) is 0 Å². The Balaban J connectivity index is 1.82. The first-order chi connectivity index (χ1) is 9.98. The molecule has 1 aliphatic heterocycles. The average molecular weight is 298 g/mol. The lowest BCUT2D eigenvalue weighted by molar-refractivity contribution is -0.157. The van der Waals surface area contributed by atoms with Crippen molar-refractivity contribution in [2.75, 3.05) is 19.6 Å². The maximum Gasteiger partial charge on any atom is 0.401 e. The molecule has 1 saturated carbocycles. The number of alkyl halides is 3. The van der Waals surface area contributed by atoms with Gasteiger partial charge in [0.1, 0.15) is 0 Å². The molecule has 1 aromatic rings. The number of nitrogens with one attached hydrogen (secondary N) is 1. The quantitative estimate of drug-likeness (QED) is 0.899. The van der Waals surface area contributed by atoms with Crippen molar-refractivity contribution in [1.82, 2.24) is 10.2 Å². The Labute approximate surface area is 123 Å². The smallest absolute Gasteiger partial charge is 0.308 e. The third kappa shape index (κ3) is 3.40. The van der Waals surface area contributed by atoms with E-state index >= 15 is 0 Å². The minimum Gasteiger partial charge on any atom is -0.308 e. The Morgan fingerprint density at radius 1 is 1.14 bits per heavy atom. The number of benzene rings is 1. The molecule has 21 heavy (non-hydrogen) atoms. The van der Waals surface area contributed by atoms with Crippen LogP contribution in [0.1, 0.15) is 37.3 Å². The molecular weight excluding hydrogens is 277 g/mol. The van der Waals surface area contributed by atoms with E-state index in [9.17, 15) is 13.2 Å². The van der Waals surface area contributed by atoms with Crippen LogP contribution in [0.15, 0.2) is 30.3 Å². The predicted molar refractivity (Wildman–Crippen MR) is 76.0 cm³/mol. The molecule has 1 aliphatic carbocycles. The standard InChI is InChI=1S/C16H21F3N2/c17-16(18,19)12-21-11-15(8-4-5-9-15)20-10-14(21)13-6-2-1-3-7-13/h1-3,6-7,14,20H,4-5,8-12H2. The van der Waals surface area contributed by atoms with E-state index in [2.05, 4.69) is 5.32 Å². The highest BCUT2D eigenvalue weighted by molar-refractivity contribution is 5.21. The lowest BCUT2D eigenvalue weighted by atomic mass is 9.90. The van der Waals surface area contributed by atoms with Gasteiger partial charge in [-0.15, -0.1) is 0 Å². The van der Waals surface area contributed by atoms with Gasteiger partial charge in [0.25, 0.3) is 0 Å². The van der Waals surface area contributed by atoms with E-state index < -0.39 is 12.7 Å². The molecule has 2 aliphatic rings. The van der Waals surface area contributed by atoms with Crippen molar-refractivity contribution in [3.05, 3.63) is 35.9 Å². The van der Waals surface area contributed by atoms with E-state index in [4.69, 9.17) is 0 Å². The van der Waals surface area contributed by atoms with Crippen LogP contribution in [0.25, 0.3) is 0 Å². The number of hydrogen-bond acceptors (Lipinski definition) is 2. The van der Waals surface area contributed by atoms with Crippen molar-refractivity contribution in [2.24, 2.45) is 0 Å². The van der Waals surface area contributed by atoms with Gasteiger partial charge in [0, 0.05) is 24.7 Å². The van der Waals surface area contributed by atoms with E-state index in [0.717, 1.165) is 31.2 Å². The van der Waals surface area contributed by atoms with Gasteiger partial charge in [-0.1, -0.05) is 43.2 Å². The summed E-state index contributed by atoms with van der Waals surface area (Å²) in [6.45, 7) is 0.266. The molecule has 1 heterocycles. The highest BCUT2D eigenvalue weighted by Gasteiger charge is 2.44. The second-order valence-corrected chi connectivity index (χ2v) is 6.31. The van der Waals surface area contributed by atoms with Gasteiger partial charge in [0.2, 0.25) is 0 Å². The normalized spacial score (nSPS) is 26.3. The SMILES string of the molecule is FC(F)(F)CN1CC2(CCCC2)NCC1c1ccccc1. The zero-order valence-corrected chi connectivity index (χ0v) is 12.0. The summed E-state index contributed by atoms with van der Waals surface area (Å²) in [5.41, 5.74) is 0.860. The minimum absolute atomic E-state index is 0.101. The number of rotatable bonds is 2. The number of halogens is 3. The minimum atomic E-state index is -4.15. The summed E-state index contributed by atoms with van der Waals surface area (Å²) in [4.78, 5) is 1.62. The number of piperazine rings is 1. The van der Waals surface area contributed by atoms with Gasteiger partial charge in [-0.3, -0.25) is 4.90 Å². The molecular formula is C16H21F3N2. The Hall–Kier alpha value is -1.07. The molecule has 5 heteroatoms. The summed E-state index contributed by atoms with van der Waals surface area (Å²) in [6, 6.07) is 9.32. The summed E-state index contributed by atoms with van der Waals surface area (Å²) < 4.78 is 38.8. The molecule has 0 radical (unpaired) electrons. The Bertz CT molecular complexity index is 466. The highest BCUT2D eigenvalue weighted by atomic mass is 19.4. The predicted octanol–water partition coefficient (Wildman–Crippen LogP) is 3.51. The third-order valence-corrected chi connectivity index (χ3v) is 4.74. The van der Waals surface area contributed by atoms with Crippen LogP contribution in [0.2, 0.25) is 0 Å². The van der Waals surface area contributed by atoms with Crippen LogP contribution in [-0.4, -0.2) is 36.2 Å². The van der Waals surface area contributed by atoms with E-state index in [1.54, 1.807) is 4.90 Å². The average Bonchev–Trinajstić information content (AvgIpc) is 2.86. The Morgan fingerprint density at radius 3 is 2.43 bits per heavy atom. The van der Waals surface area contributed by atoms with Gasteiger partial charge in [-0.25, -0.2) is 0 Å². The number of nitrogens with zero attached hydrogens (tertiary/aromatic N) is 1. The zero-order valence-electron chi connectivity index (χ0n) is 12.0. The first-order valence-corrected chi connectivity index (χ1v) is 7.58. The largest absolute Gasteiger partial charge is 0.401 e. The topological polar surface area (TPSA) is 15.3 Å². The van der Waals surface area contributed by atoms with Gasteiger partial charge >= 0.3 is 6.18 Å². The Morgan fingerprint density at radius 2 is 1.81 bits per heavy atom. The lowest BCUT2D eigenvalue weighted by Crippen LogP contribution is -2.61. The fourth-order valence-corrected chi connectivity index (χ4v) is 3.78.